The summed E-state index contributed by atoms with van der Waals surface area (Å²) in [7, 11) is 0. The Labute approximate surface area is 74.9 Å². The van der Waals surface area contributed by atoms with Gasteiger partial charge in [-0.3, -0.25) is 0 Å². The van der Waals surface area contributed by atoms with Crippen LogP contribution in [0.25, 0.3) is 0 Å². The van der Waals surface area contributed by atoms with Gasteiger partial charge in [-0.15, -0.1) is 0 Å². The van der Waals surface area contributed by atoms with Gasteiger partial charge in [0.15, 0.2) is 0 Å². The number of aliphatic hydroxyl groups excluding tert-OH is 1. The Kier molecular flexibility index (Phi) is 4.62. The molecule has 0 amide bonds. The van der Waals surface area contributed by atoms with Gasteiger partial charge in [0.2, 0.25) is 0 Å². The monoisotopic (exact) mass is 172 g/mol. The van der Waals surface area contributed by atoms with Crippen molar-refractivity contribution < 1.29 is 9.84 Å². The standard InChI is InChI=1S/C10H20O2/c1-2-3-6-12-10-7-9(8-10)4-5-11/h9-11H,2-8H2,1H3. The highest BCUT2D eigenvalue weighted by molar-refractivity contribution is 4.79. The summed E-state index contributed by atoms with van der Waals surface area (Å²) in [6.45, 7) is 3.44. The summed E-state index contributed by atoms with van der Waals surface area (Å²) in [5.41, 5.74) is 0. The molecule has 72 valence electrons. The van der Waals surface area contributed by atoms with Crippen LogP contribution in [0.5, 0.6) is 0 Å². The molecule has 0 aromatic rings. The molecule has 0 aromatic heterocycles. The van der Waals surface area contributed by atoms with Crippen LogP contribution < -0.4 is 0 Å². The summed E-state index contributed by atoms with van der Waals surface area (Å²) < 4.78 is 5.61. The second-order valence-corrected chi connectivity index (χ2v) is 3.70. The van der Waals surface area contributed by atoms with E-state index in [-0.39, 0.29) is 0 Å². The van der Waals surface area contributed by atoms with Crippen LogP contribution in [-0.2, 0) is 4.74 Å². The Morgan fingerprint density at radius 1 is 1.42 bits per heavy atom. The summed E-state index contributed by atoms with van der Waals surface area (Å²) in [5.74, 6) is 0.738. The van der Waals surface area contributed by atoms with Gasteiger partial charge >= 0.3 is 0 Å². The third-order valence-electron chi connectivity index (χ3n) is 2.58. The smallest absolute Gasteiger partial charge is 0.0580 e. The molecule has 1 rings (SSSR count). The van der Waals surface area contributed by atoms with Gasteiger partial charge in [0.05, 0.1) is 6.10 Å². The van der Waals surface area contributed by atoms with Gasteiger partial charge in [0, 0.05) is 13.2 Å². The third kappa shape index (κ3) is 3.11. The Morgan fingerprint density at radius 3 is 2.75 bits per heavy atom. The molecular formula is C10H20O2. The molecule has 0 saturated heterocycles. The molecule has 2 nitrogen and oxygen atoms in total. The van der Waals surface area contributed by atoms with E-state index >= 15 is 0 Å². The van der Waals surface area contributed by atoms with Crippen LogP contribution in [-0.4, -0.2) is 24.4 Å². The van der Waals surface area contributed by atoms with Crippen LogP contribution in [0.1, 0.15) is 39.0 Å². The van der Waals surface area contributed by atoms with Crippen LogP contribution >= 0.6 is 0 Å². The van der Waals surface area contributed by atoms with Crippen molar-refractivity contribution >= 4 is 0 Å². The summed E-state index contributed by atoms with van der Waals surface area (Å²) in [6, 6.07) is 0. The number of unbranched alkanes of at least 4 members (excludes halogenated alkanes) is 1. The fraction of sp³-hybridized carbons (Fsp3) is 1.00. The number of hydrogen-bond donors (Lipinski definition) is 1. The zero-order valence-electron chi connectivity index (χ0n) is 7.96. The first-order valence-electron chi connectivity index (χ1n) is 5.09. The van der Waals surface area contributed by atoms with Crippen molar-refractivity contribution in [2.45, 2.75) is 45.1 Å². The summed E-state index contributed by atoms with van der Waals surface area (Å²) in [6.07, 6.45) is 6.21. The molecule has 0 heterocycles. The zero-order chi connectivity index (χ0) is 8.81. The quantitative estimate of drug-likeness (QED) is 0.621. The predicted octanol–water partition coefficient (Wildman–Crippen LogP) is 1.96. The maximum atomic E-state index is 8.66. The highest BCUT2D eigenvalue weighted by Gasteiger charge is 2.28. The second-order valence-electron chi connectivity index (χ2n) is 3.70. The van der Waals surface area contributed by atoms with Crippen molar-refractivity contribution in [3.63, 3.8) is 0 Å². The van der Waals surface area contributed by atoms with Crippen LogP contribution in [0.4, 0.5) is 0 Å². The first kappa shape index (κ1) is 10.0. The third-order valence-corrected chi connectivity index (χ3v) is 2.58. The molecule has 1 aliphatic rings. The molecule has 0 bridgehead atoms. The lowest BCUT2D eigenvalue weighted by atomic mass is 9.80. The molecule has 0 spiro atoms. The largest absolute Gasteiger partial charge is 0.396 e. The zero-order valence-corrected chi connectivity index (χ0v) is 7.96. The van der Waals surface area contributed by atoms with E-state index in [1.165, 1.54) is 25.7 Å². The van der Waals surface area contributed by atoms with Gasteiger partial charge in [-0.1, -0.05) is 13.3 Å². The van der Waals surface area contributed by atoms with E-state index < -0.39 is 0 Å². The molecule has 0 aliphatic heterocycles. The van der Waals surface area contributed by atoms with E-state index in [0.29, 0.717) is 12.7 Å². The van der Waals surface area contributed by atoms with E-state index in [1.807, 2.05) is 0 Å². The van der Waals surface area contributed by atoms with Crippen molar-refractivity contribution in [1.29, 1.82) is 0 Å². The molecule has 1 aliphatic carbocycles. The topological polar surface area (TPSA) is 29.5 Å². The second kappa shape index (κ2) is 5.55. The molecule has 1 N–H and O–H groups in total. The van der Waals surface area contributed by atoms with Gasteiger partial charge in [-0.2, -0.15) is 0 Å². The molecule has 2 heteroatoms. The average Bonchev–Trinajstić information content (AvgIpc) is 2.00. The first-order chi connectivity index (χ1) is 5.86. The average molecular weight is 172 g/mol. The number of aliphatic hydroxyl groups is 1. The minimum atomic E-state index is 0.340. The predicted molar refractivity (Wildman–Crippen MR) is 49.1 cm³/mol. The molecular weight excluding hydrogens is 152 g/mol. The van der Waals surface area contributed by atoms with Crippen molar-refractivity contribution in [3.05, 3.63) is 0 Å². The number of hydrogen-bond acceptors (Lipinski definition) is 2. The summed E-state index contributed by atoms with van der Waals surface area (Å²) >= 11 is 0. The maximum Gasteiger partial charge on any atom is 0.0580 e. The highest BCUT2D eigenvalue weighted by Crippen LogP contribution is 2.32. The Balaban J connectivity index is 1.88. The molecule has 0 aromatic carbocycles. The lowest BCUT2D eigenvalue weighted by molar-refractivity contribution is -0.0366. The molecule has 0 unspecified atom stereocenters. The van der Waals surface area contributed by atoms with Crippen LogP contribution in [0.2, 0.25) is 0 Å². The fourth-order valence-corrected chi connectivity index (χ4v) is 1.62. The van der Waals surface area contributed by atoms with Crippen LogP contribution in [0.3, 0.4) is 0 Å². The maximum absolute atomic E-state index is 8.66. The molecule has 12 heavy (non-hydrogen) atoms. The van der Waals surface area contributed by atoms with Gasteiger partial charge < -0.3 is 9.84 Å². The van der Waals surface area contributed by atoms with Gasteiger partial charge in [-0.05, 0) is 31.6 Å². The Hall–Kier alpha value is -0.0800. The van der Waals surface area contributed by atoms with Crippen molar-refractivity contribution in [2.75, 3.05) is 13.2 Å². The summed E-state index contributed by atoms with van der Waals surface area (Å²) in [4.78, 5) is 0. The fourth-order valence-electron chi connectivity index (χ4n) is 1.62. The minimum absolute atomic E-state index is 0.340. The number of ether oxygens (including phenoxy) is 1. The van der Waals surface area contributed by atoms with E-state index in [9.17, 15) is 0 Å². The normalized spacial score (nSPS) is 28.5. The van der Waals surface area contributed by atoms with Crippen LogP contribution in [0, 0.1) is 5.92 Å². The van der Waals surface area contributed by atoms with E-state index in [4.69, 9.17) is 9.84 Å². The van der Waals surface area contributed by atoms with Gasteiger partial charge in [0.25, 0.3) is 0 Å². The Bertz CT molecular complexity index is 106. The van der Waals surface area contributed by atoms with Crippen molar-refractivity contribution in [1.82, 2.24) is 0 Å². The lowest BCUT2D eigenvalue weighted by Gasteiger charge is -2.34. The van der Waals surface area contributed by atoms with Crippen LogP contribution in [0.15, 0.2) is 0 Å². The minimum Gasteiger partial charge on any atom is -0.396 e. The van der Waals surface area contributed by atoms with E-state index in [0.717, 1.165) is 18.9 Å². The van der Waals surface area contributed by atoms with E-state index in [1.54, 1.807) is 0 Å². The number of rotatable bonds is 6. The Morgan fingerprint density at radius 2 is 2.17 bits per heavy atom. The molecule has 0 atom stereocenters. The summed E-state index contributed by atoms with van der Waals surface area (Å²) in [5, 5.41) is 8.66. The van der Waals surface area contributed by atoms with Crippen molar-refractivity contribution in [3.8, 4) is 0 Å². The molecule has 1 fully saturated rings. The van der Waals surface area contributed by atoms with Gasteiger partial charge in [0.1, 0.15) is 0 Å². The SMILES string of the molecule is CCCCOC1CC(CCO)C1. The lowest BCUT2D eigenvalue weighted by Crippen LogP contribution is -2.32. The van der Waals surface area contributed by atoms with Gasteiger partial charge in [-0.25, -0.2) is 0 Å². The molecule has 1 saturated carbocycles. The molecule has 0 radical (unpaired) electrons. The first-order valence-corrected chi connectivity index (χ1v) is 5.09. The van der Waals surface area contributed by atoms with E-state index in [2.05, 4.69) is 6.92 Å². The van der Waals surface area contributed by atoms with Crippen molar-refractivity contribution in [2.24, 2.45) is 5.92 Å². The highest BCUT2D eigenvalue weighted by atomic mass is 16.5.